The summed E-state index contributed by atoms with van der Waals surface area (Å²) in [6.45, 7) is 0.531. The van der Waals surface area contributed by atoms with Crippen LogP contribution in [0.25, 0.3) is 0 Å². The van der Waals surface area contributed by atoms with Crippen molar-refractivity contribution in [2.75, 3.05) is 13.7 Å². The molecular formula is C11H11NO3. The van der Waals surface area contributed by atoms with Crippen LogP contribution in [-0.2, 0) is 4.79 Å². The highest BCUT2D eigenvalue weighted by molar-refractivity contribution is 6.07. The molecule has 1 saturated heterocycles. The first-order chi connectivity index (χ1) is 7.22. The Labute approximate surface area is 87.4 Å². The molecule has 1 aromatic carbocycles. The van der Waals surface area contributed by atoms with E-state index in [1.54, 1.807) is 31.4 Å². The summed E-state index contributed by atoms with van der Waals surface area (Å²) in [6, 6.07) is 6.73. The van der Waals surface area contributed by atoms with Crippen LogP contribution in [0.4, 0.5) is 0 Å². The molecular weight excluding hydrogens is 194 g/mol. The van der Waals surface area contributed by atoms with E-state index < -0.39 is 0 Å². The number of carbonyl (C=O) groups excluding carboxylic acids is 2. The predicted molar refractivity (Wildman–Crippen MR) is 53.7 cm³/mol. The molecule has 78 valence electrons. The molecule has 0 bridgehead atoms. The lowest BCUT2D eigenvalue weighted by atomic mass is 10.1. The lowest BCUT2D eigenvalue weighted by molar-refractivity contribution is -0.135. The highest BCUT2D eigenvalue weighted by atomic mass is 16.5. The Balaban J connectivity index is 2.15. The second-order valence-corrected chi connectivity index (χ2v) is 3.33. The van der Waals surface area contributed by atoms with E-state index in [4.69, 9.17) is 4.74 Å². The van der Waals surface area contributed by atoms with Gasteiger partial charge in [0.1, 0.15) is 5.75 Å². The van der Waals surface area contributed by atoms with Gasteiger partial charge in [-0.25, -0.2) is 0 Å². The fourth-order valence-electron chi connectivity index (χ4n) is 1.42. The van der Waals surface area contributed by atoms with Gasteiger partial charge in [-0.1, -0.05) is 0 Å². The number of methoxy groups -OCH3 is 1. The largest absolute Gasteiger partial charge is 0.497 e. The van der Waals surface area contributed by atoms with E-state index in [0.717, 1.165) is 0 Å². The van der Waals surface area contributed by atoms with Gasteiger partial charge in [0.05, 0.1) is 7.11 Å². The normalized spacial score (nSPS) is 14.7. The standard InChI is InChI=1S/C11H11NO3/c1-15-9-4-2-8(3-5-9)11(14)12-7-6-10(12)13/h2-5H,6-7H2,1H3. The van der Waals surface area contributed by atoms with Gasteiger partial charge in [0, 0.05) is 18.5 Å². The minimum absolute atomic E-state index is 0.101. The average molecular weight is 205 g/mol. The van der Waals surface area contributed by atoms with Gasteiger partial charge in [0.25, 0.3) is 5.91 Å². The smallest absolute Gasteiger partial charge is 0.260 e. The quantitative estimate of drug-likeness (QED) is 0.536. The first kappa shape index (κ1) is 9.71. The summed E-state index contributed by atoms with van der Waals surface area (Å²) in [5.74, 6) is 0.367. The minimum Gasteiger partial charge on any atom is -0.497 e. The summed E-state index contributed by atoms with van der Waals surface area (Å²) in [5.41, 5.74) is 0.517. The Bertz CT molecular complexity index is 397. The van der Waals surface area contributed by atoms with Crippen LogP contribution in [0.15, 0.2) is 24.3 Å². The topological polar surface area (TPSA) is 46.6 Å². The van der Waals surface area contributed by atoms with E-state index in [1.165, 1.54) is 4.90 Å². The molecule has 0 aliphatic carbocycles. The van der Waals surface area contributed by atoms with Gasteiger partial charge in [-0.3, -0.25) is 14.5 Å². The predicted octanol–water partition coefficient (Wildman–Crippen LogP) is 1.07. The average Bonchev–Trinajstić information content (AvgIpc) is 2.27. The van der Waals surface area contributed by atoms with Gasteiger partial charge in [0.2, 0.25) is 5.91 Å². The molecule has 1 fully saturated rings. The van der Waals surface area contributed by atoms with Crippen LogP contribution in [0, 0.1) is 0 Å². The van der Waals surface area contributed by atoms with Crippen LogP contribution >= 0.6 is 0 Å². The Morgan fingerprint density at radius 2 is 2.00 bits per heavy atom. The van der Waals surface area contributed by atoms with Crippen molar-refractivity contribution in [3.63, 3.8) is 0 Å². The number of imide groups is 1. The Kier molecular flexibility index (Phi) is 2.41. The summed E-state index contributed by atoms with van der Waals surface area (Å²) >= 11 is 0. The van der Waals surface area contributed by atoms with Gasteiger partial charge in [0.15, 0.2) is 0 Å². The maximum Gasteiger partial charge on any atom is 0.260 e. The molecule has 0 saturated carbocycles. The van der Waals surface area contributed by atoms with Crippen molar-refractivity contribution in [1.82, 2.24) is 4.90 Å². The Morgan fingerprint density at radius 3 is 2.40 bits per heavy atom. The summed E-state index contributed by atoms with van der Waals surface area (Å²) in [7, 11) is 1.57. The molecule has 1 heterocycles. The molecule has 15 heavy (non-hydrogen) atoms. The van der Waals surface area contributed by atoms with Crippen LogP contribution in [0.2, 0.25) is 0 Å². The molecule has 0 spiro atoms. The van der Waals surface area contributed by atoms with Crippen LogP contribution in [0.5, 0.6) is 5.75 Å². The van der Waals surface area contributed by atoms with E-state index in [2.05, 4.69) is 0 Å². The van der Waals surface area contributed by atoms with Crippen molar-refractivity contribution in [3.8, 4) is 5.75 Å². The molecule has 0 radical (unpaired) electrons. The first-order valence-corrected chi connectivity index (χ1v) is 4.71. The molecule has 4 nitrogen and oxygen atoms in total. The fraction of sp³-hybridized carbons (Fsp3) is 0.273. The Hall–Kier alpha value is -1.84. The first-order valence-electron chi connectivity index (χ1n) is 4.71. The highest BCUT2D eigenvalue weighted by Crippen LogP contribution is 2.16. The fourth-order valence-corrected chi connectivity index (χ4v) is 1.42. The monoisotopic (exact) mass is 205 g/mol. The van der Waals surface area contributed by atoms with E-state index in [0.29, 0.717) is 24.3 Å². The third-order valence-corrected chi connectivity index (χ3v) is 2.43. The highest BCUT2D eigenvalue weighted by Gasteiger charge is 2.30. The summed E-state index contributed by atoms with van der Waals surface area (Å²) < 4.78 is 4.98. The van der Waals surface area contributed by atoms with Crippen molar-refractivity contribution >= 4 is 11.8 Å². The van der Waals surface area contributed by atoms with E-state index in [1.807, 2.05) is 0 Å². The number of hydrogen-bond donors (Lipinski definition) is 0. The number of β-lactam (4-membered cyclic amide) rings is 1. The van der Waals surface area contributed by atoms with Crippen LogP contribution in [0.3, 0.4) is 0 Å². The van der Waals surface area contributed by atoms with Crippen LogP contribution in [-0.4, -0.2) is 30.4 Å². The minimum atomic E-state index is -0.228. The molecule has 1 aromatic rings. The molecule has 0 aromatic heterocycles. The second kappa shape index (κ2) is 3.73. The number of benzene rings is 1. The molecule has 1 aliphatic heterocycles. The van der Waals surface area contributed by atoms with Gasteiger partial charge in [-0.2, -0.15) is 0 Å². The van der Waals surface area contributed by atoms with Gasteiger partial charge in [-0.05, 0) is 24.3 Å². The number of nitrogens with zero attached hydrogens (tertiary/aromatic N) is 1. The van der Waals surface area contributed by atoms with Gasteiger partial charge in [-0.15, -0.1) is 0 Å². The zero-order valence-corrected chi connectivity index (χ0v) is 8.40. The van der Waals surface area contributed by atoms with E-state index in [9.17, 15) is 9.59 Å². The van der Waals surface area contributed by atoms with Gasteiger partial charge >= 0.3 is 0 Å². The number of amides is 2. The number of hydrogen-bond acceptors (Lipinski definition) is 3. The molecule has 0 unspecified atom stereocenters. The number of likely N-dealkylation sites (tertiary alicyclic amines) is 1. The molecule has 1 aliphatic rings. The Morgan fingerprint density at radius 1 is 1.33 bits per heavy atom. The van der Waals surface area contributed by atoms with Gasteiger partial charge < -0.3 is 4.74 Å². The second-order valence-electron chi connectivity index (χ2n) is 3.33. The molecule has 4 heteroatoms. The molecule has 2 rings (SSSR count). The third kappa shape index (κ3) is 1.70. The zero-order chi connectivity index (χ0) is 10.8. The van der Waals surface area contributed by atoms with Crippen LogP contribution in [0.1, 0.15) is 16.8 Å². The molecule has 0 atom stereocenters. The van der Waals surface area contributed by atoms with Crippen molar-refractivity contribution in [3.05, 3.63) is 29.8 Å². The zero-order valence-electron chi connectivity index (χ0n) is 8.40. The summed E-state index contributed by atoms with van der Waals surface area (Å²) in [5, 5.41) is 0. The molecule has 2 amide bonds. The summed E-state index contributed by atoms with van der Waals surface area (Å²) in [6.07, 6.45) is 0.474. The van der Waals surface area contributed by atoms with Crippen molar-refractivity contribution in [1.29, 1.82) is 0 Å². The maximum atomic E-state index is 11.7. The lowest BCUT2D eigenvalue weighted by Gasteiger charge is -2.28. The van der Waals surface area contributed by atoms with E-state index >= 15 is 0 Å². The van der Waals surface area contributed by atoms with Crippen LogP contribution < -0.4 is 4.74 Å². The number of rotatable bonds is 2. The summed E-state index contributed by atoms with van der Waals surface area (Å²) in [4.78, 5) is 24.0. The van der Waals surface area contributed by atoms with Crippen molar-refractivity contribution < 1.29 is 14.3 Å². The molecule has 0 N–H and O–H groups in total. The lowest BCUT2D eigenvalue weighted by Crippen LogP contribution is -2.47. The van der Waals surface area contributed by atoms with Crippen molar-refractivity contribution in [2.45, 2.75) is 6.42 Å². The maximum absolute atomic E-state index is 11.7. The SMILES string of the molecule is COc1ccc(C(=O)N2CCC2=O)cc1. The van der Waals surface area contributed by atoms with E-state index in [-0.39, 0.29) is 11.8 Å². The number of carbonyl (C=O) groups is 2. The third-order valence-electron chi connectivity index (χ3n) is 2.43. The number of ether oxygens (including phenoxy) is 1. The van der Waals surface area contributed by atoms with Crippen molar-refractivity contribution in [2.24, 2.45) is 0 Å².